The second-order valence-electron chi connectivity index (χ2n) is 7.52. The fourth-order valence-corrected chi connectivity index (χ4v) is 3.94. The molecule has 31 heavy (non-hydrogen) atoms. The summed E-state index contributed by atoms with van der Waals surface area (Å²) in [5, 5.41) is 13.4. The van der Waals surface area contributed by atoms with E-state index < -0.39 is 0 Å². The number of aromatic nitrogens is 5. The van der Waals surface area contributed by atoms with Gasteiger partial charge in [-0.1, -0.05) is 18.2 Å². The van der Waals surface area contributed by atoms with Crippen LogP contribution in [-0.4, -0.2) is 30.5 Å². The minimum absolute atomic E-state index is 0.283. The van der Waals surface area contributed by atoms with Crippen molar-refractivity contribution in [1.29, 1.82) is 0 Å². The second-order valence-corrected chi connectivity index (χ2v) is 7.52. The highest BCUT2D eigenvalue weighted by molar-refractivity contribution is 6.04. The number of carbonyl (C=O) groups is 1. The molecule has 7 nitrogen and oxygen atoms in total. The number of rotatable bonds is 5. The van der Waals surface area contributed by atoms with Gasteiger partial charge in [0.05, 0.1) is 16.9 Å². The van der Waals surface area contributed by atoms with Crippen molar-refractivity contribution in [3.05, 3.63) is 78.4 Å². The number of fused-ring (bicyclic) bond motifs is 2. The number of amides is 1. The Morgan fingerprint density at radius 3 is 2.87 bits per heavy atom. The van der Waals surface area contributed by atoms with Gasteiger partial charge in [-0.05, 0) is 61.9 Å². The fraction of sp³-hybridized carbons (Fsp3) is 0.167. The summed E-state index contributed by atoms with van der Waals surface area (Å²) < 4.78 is 3.91. The molecule has 0 fully saturated rings. The molecule has 5 aromatic rings. The number of hydrogen-bond donors (Lipinski definition) is 1. The number of benzene rings is 2. The average molecular weight is 410 g/mol. The van der Waals surface area contributed by atoms with E-state index in [1.54, 1.807) is 10.9 Å². The Balaban J connectivity index is 1.44. The third-order valence-electron chi connectivity index (χ3n) is 5.45. The van der Waals surface area contributed by atoms with Gasteiger partial charge in [0, 0.05) is 40.9 Å². The molecule has 0 unspecified atom stereocenters. The minimum Gasteiger partial charge on any atom is -0.347 e. The van der Waals surface area contributed by atoms with Crippen LogP contribution in [0, 0.1) is 6.92 Å². The lowest BCUT2D eigenvalue weighted by atomic mass is 10.1. The molecule has 0 aliphatic carbocycles. The Kier molecular flexibility index (Phi) is 4.71. The molecule has 7 heteroatoms. The van der Waals surface area contributed by atoms with Crippen LogP contribution < -0.4 is 5.32 Å². The zero-order valence-electron chi connectivity index (χ0n) is 17.4. The molecule has 2 aromatic carbocycles. The summed E-state index contributed by atoms with van der Waals surface area (Å²) in [4.78, 5) is 17.3. The summed E-state index contributed by atoms with van der Waals surface area (Å²) in [6.45, 7) is 4.98. The molecule has 1 N–H and O–H groups in total. The van der Waals surface area contributed by atoms with Crippen molar-refractivity contribution in [2.45, 2.75) is 26.8 Å². The molecule has 0 saturated carbocycles. The van der Waals surface area contributed by atoms with Gasteiger partial charge in [0.15, 0.2) is 5.69 Å². The van der Waals surface area contributed by atoms with Crippen molar-refractivity contribution in [3.63, 3.8) is 0 Å². The number of pyridine rings is 1. The first kappa shape index (κ1) is 19.0. The third kappa shape index (κ3) is 3.34. The first-order chi connectivity index (χ1) is 15.2. The summed E-state index contributed by atoms with van der Waals surface area (Å²) >= 11 is 0. The lowest BCUT2D eigenvalue weighted by Crippen LogP contribution is -2.14. The van der Waals surface area contributed by atoms with Crippen molar-refractivity contribution < 1.29 is 4.79 Å². The molecule has 0 aliphatic heterocycles. The van der Waals surface area contributed by atoms with Gasteiger partial charge in [0.1, 0.15) is 0 Å². The Bertz CT molecular complexity index is 1410. The van der Waals surface area contributed by atoms with Gasteiger partial charge < -0.3 is 9.88 Å². The van der Waals surface area contributed by atoms with Gasteiger partial charge >= 0.3 is 0 Å². The Morgan fingerprint density at radius 1 is 1.10 bits per heavy atom. The molecule has 0 saturated heterocycles. The van der Waals surface area contributed by atoms with Gasteiger partial charge in [0.2, 0.25) is 0 Å². The number of hydrogen-bond acceptors (Lipinski definition) is 4. The van der Waals surface area contributed by atoms with Crippen LogP contribution in [0.5, 0.6) is 0 Å². The monoisotopic (exact) mass is 410 g/mol. The Hall–Kier alpha value is -4.00. The minimum atomic E-state index is -0.283. The molecule has 154 valence electrons. The summed E-state index contributed by atoms with van der Waals surface area (Å²) in [6.07, 6.45) is 4.91. The Morgan fingerprint density at radius 2 is 2.00 bits per heavy atom. The lowest BCUT2D eigenvalue weighted by Gasteiger charge is -2.08. The van der Waals surface area contributed by atoms with E-state index >= 15 is 0 Å². The van der Waals surface area contributed by atoms with E-state index in [1.165, 1.54) is 0 Å². The molecule has 3 heterocycles. The fourth-order valence-electron chi connectivity index (χ4n) is 3.94. The van der Waals surface area contributed by atoms with Gasteiger partial charge in [0.25, 0.3) is 5.91 Å². The second kappa shape index (κ2) is 7.68. The van der Waals surface area contributed by atoms with Gasteiger partial charge in [-0.2, -0.15) is 0 Å². The maximum Gasteiger partial charge on any atom is 0.278 e. The van der Waals surface area contributed by atoms with Crippen LogP contribution in [0.15, 0.2) is 67.0 Å². The van der Waals surface area contributed by atoms with E-state index in [0.29, 0.717) is 11.4 Å². The number of anilines is 1. The van der Waals surface area contributed by atoms with E-state index in [1.807, 2.05) is 55.5 Å². The van der Waals surface area contributed by atoms with E-state index in [4.69, 9.17) is 0 Å². The van der Waals surface area contributed by atoms with Crippen molar-refractivity contribution in [1.82, 2.24) is 24.5 Å². The molecule has 0 aliphatic rings. The summed E-state index contributed by atoms with van der Waals surface area (Å²) in [5.41, 5.74) is 4.56. The molecular formula is C24H22N6O. The molecule has 0 spiro atoms. The molecule has 0 atom stereocenters. The van der Waals surface area contributed by atoms with Crippen molar-refractivity contribution >= 4 is 33.4 Å². The largest absolute Gasteiger partial charge is 0.347 e. The number of carbonyl (C=O) groups excluding carboxylic acids is 1. The number of nitrogens with one attached hydrogen (secondary N) is 1. The van der Waals surface area contributed by atoms with E-state index in [9.17, 15) is 4.79 Å². The van der Waals surface area contributed by atoms with Crippen LogP contribution in [0.25, 0.3) is 27.5 Å². The predicted molar refractivity (Wildman–Crippen MR) is 122 cm³/mol. The van der Waals surface area contributed by atoms with Crippen LogP contribution >= 0.6 is 0 Å². The highest BCUT2D eigenvalue weighted by atomic mass is 16.2. The van der Waals surface area contributed by atoms with E-state index in [0.717, 1.165) is 46.1 Å². The van der Waals surface area contributed by atoms with Crippen LogP contribution in [0.2, 0.25) is 0 Å². The molecule has 5 rings (SSSR count). The molecule has 1 amide bonds. The smallest absolute Gasteiger partial charge is 0.278 e. The number of nitrogens with zero attached hydrogens (tertiary/aromatic N) is 5. The normalized spacial score (nSPS) is 11.3. The lowest BCUT2D eigenvalue weighted by molar-refractivity contribution is 0.102. The number of aryl methyl sites for hydroxylation is 1. The quantitative estimate of drug-likeness (QED) is 0.454. The van der Waals surface area contributed by atoms with Crippen LogP contribution in [0.1, 0.15) is 29.5 Å². The molecule has 0 bridgehead atoms. The van der Waals surface area contributed by atoms with Crippen LogP contribution in [0.3, 0.4) is 0 Å². The van der Waals surface area contributed by atoms with Gasteiger partial charge in [-0.25, -0.2) is 4.68 Å². The summed E-state index contributed by atoms with van der Waals surface area (Å²) in [5.74, 6) is -0.283. The zero-order valence-corrected chi connectivity index (χ0v) is 17.4. The molecule has 3 aromatic heterocycles. The van der Waals surface area contributed by atoms with Gasteiger partial charge in [-0.3, -0.25) is 9.78 Å². The predicted octanol–water partition coefficient (Wildman–Crippen LogP) is 4.74. The SMILES string of the molecule is CCCn1ccc2cc(NC(=O)c3nnn(-c4cccc5ncccc45)c3C)ccc21. The highest BCUT2D eigenvalue weighted by Crippen LogP contribution is 2.24. The topological polar surface area (TPSA) is 77.6 Å². The zero-order chi connectivity index (χ0) is 21.4. The standard InChI is InChI=1S/C24H22N6O/c1-3-13-29-14-11-17-15-18(9-10-21(17)29)26-24(31)23-16(2)30(28-27-23)22-8-4-7-20-19(22)6-5-12-25-20/h4-12,14-15H,3,13H2,1-2H3,(H,26,31). The van der Waals surface area contributed by atoms with Crippen LogP contribution in [0.4, 0.5) is 5.69 Å². The van der Waals surface area contributed by atoms with Crippen molar-refractivity contribution in [2.75, 3.05) is 5.32 Å². The third-order valence-corrected chi connectivity index (χ3v) is 5.45. The summed E-state index contributed by atoms with van der Waals surface area (Å²) in [6, 6.07) is 17.7. The summed E-state index contributed by atoms with van der Waals surface area (Å²) in [7, 11) is 0. The maximum atomic E-state index is 12.9. The Labute approximate surface area is 179 Å². The average Bonchev–Trinajstić information content (AvgIpc) is 3.37. The first-order valence-electron chi connectivity index (χ1n) is 10.3. The van der Waals surface area contributed by atoms with Crippen molar-refractivity contribution in [3.8, 4) is 5.69 Å². The van der Waals surface area contributed by atoms with Crippen LogP contribution in [-0.2, 0) is 6.54 Å². The van der Waals surface area contributed by atoms with Gasteiger partial charge in [-0.15, -0.1) is 5.10 Å². The molecular weight excluding hydrogens is 388 g/mol. The van der Waals surface area contributed by atoms with Crippen molar-refractivity contribution in [2.24, 2.45) is 0 Å². The van der Waals surface area contributed by atoms with E-state index in [-0.39, 0.29) is 5.91 Å². The first-order valence-corrected chi connectivity index (χ1v) is 10.3. The maximum absolute atomic E-state index is 12.9. The highest BCUT2D eigenvalue weighted by Gasteiger charge is 2.19. The van der Waals surface area contributed by atoms with E-state index in [2.05, 4.69) is 44.4 Å². The molecule has 0 radical (unpaired) electrons.